The van der Waals surface area contributed by atoms with E-state index in [0.717, 1.165) is 0 Å². The monoisotopic (exact) mass is 344 g/mol. The Morgan fingerprint density at radius 2 is 2.00 bits per heavy atom. The number of amides is 2. The van der Waals surface area contributed by atoms with E-state index in [0.29, 0.717) is 36.1 Å². The van der Waals surface area contributed by atoms with Gasteiger partial charge >= 0.3 is 12.0 Å². The van der Waals surface area contributed by atoms with Gasteiger partial charge in [-0.25, -0.2) is 9.18 Å². The van der Waals surface area contributed by atoms with Crippen LogP contribution in [-0.2, 0) is 4.79 Å². The standard InChI is InChI=1S/C13H14BrFN2O3/c14-10-2-1-9(7-11(10)15)16-13(20)17-5-3-8(4-6-17)12(18)19/h1-2,7-8H,3-6H2,(H,16,20)(H,18,19). The van der Waals surface area contributed by atoms with Crippen LogP contribution in [0.4, 0.5) is 14.9 Å². The molecule has 5 nitrogen and oxygen atoms in total. The minimum absolute atomic E-state index is 0.331. The molecule has 0 spiro atoms. The van der Waals surface area contributed by atoms with Crippen LogP contribution in [0.1, 0.15) is 12.8 Å². The van der Waals surface area contributed by atoms with Crippen LogP contribution in [-0.4, -0.2) is 35.1 Å². The minimum Gasteiger partial charge on any atom is -0.481 e. The van der Waals surface area contributed by atoms with Gasteiger partial charge in [0.1, 0.15) is 5.82 Å². The molecular formula is C13H14BrFN2O3. The first-order valence-electron chi connectivity index (χ1n) is 6.21. The van der Waals surface area contributed by atoms with Crippen molar-refractivity contribution in [2.24, 2.45) is 5.92 Å². The smallest absolute Gasteiger partial charge is 0.321 e. The van der Waals surface area contributed by atoms with Crippen molar-refractivity contribution < 1.29 is 19.1 Å². The fraction of sp³-hybridized carbons (Fsp3) is 0.385. The van der Waals surface area contributed by atoms with E-state index in [2.05, 4.69) is 21.2 Å². The lowest BCUT2D eigenvalue weighted by Gasteiger charge is -2.30. The maximum Gasteiger partial charge on any atom is 0.321 e. The summed E-state index contributed by atoms with van der Waals surface area (Å²) in [4.78, 5) is 24.3. The van der Waals surface area contributed by atoms with Crippen LogP contribution in [0.25, 0.3) is 0 Å². The number of rotatable bonds is 2. The van der Waals surface area contributed by atoms with Gasteiger partial charge in [0.2, 0.25) is 0 Å². The van der Waals surface area contributed by atoms with Gasteiger partial charge < -0.3 is 15.3 Å². The molecule has 1 aromatic rings. The van der Waals surface area contributed by atoms with E-state index >= 15 is 0 Å². The van der Waals surface area contributed by atoms with Gasteiger partial charge in [0.25, 0.3) is 0 Å². The fourth-order valence-electron chi connectivity index (χ4n) is 2.11. The Morgan fingerprint density at radius 3 is 2.55 bits per heavy atom. The van der Waals surface area contributed by atoms with E-state index < -0.39 is 11.8 Å². The van der Waals surface area contributed by atoms with Crippen LogP contribution in [0.5, 0.6) is 0 Å². The predicted octanol–water partition coefficient (Wildman–Crippen LogP) is 2.92. The maximum absolute atomic E-state index is 13.3. The molecule has 2 N–H and O–H groups in total. The van der Waals surface area contributed by atoms with Crippen molar-refractivity contribution in [3.63, 3.8) is 0 Å². The maximum atomic E-state index is 13.3. The Hall–Kier alpha value is -1.63. The number of carboxylic acid groups (broad SMARTS) is 1. The van der Waals surface area contributed by atoms with E-state index in [1.807, 2.05) is 0 Å². The quantitative estimate of drug-likeness (QED) is 0.866. The largest absolute Gasteiger partial charge is 0.481 e. The summed E-state index contributed by atoms with van der Waals surface area (Å²) < 4.78 is 13.7. The second kappa shape index (κ2) is 6.21. The zero-order valence-electron chi connectivity index (χ0n) is 10.6. The number of hydrogen-bond acceptors (Lipinski definition) is 2. The Morgan fingerprint density at radius 1 is 1.35 bits per heavy atom. The molecule has 0 bridgehead atoms. The van der Waals surface area contributed by atoms with Crippen LogP contribution in [0.2, 0.25) is 0 Å². The van der Waals surface area contributed by atoms with Gasteiger partial charge in [-0.15, -0.1) is 0 Å². The van der Waals surface area contributed by atoms with Crippen molar-refractivity contribution >= 4 is 33.6 Å². The second-order valence-electron chi connectivity index (χ2n) is 4.66. The van der Waals surface area contributed by atoms with Crippen LogP contribution < -0.4 is 5.32 Å². The molecule has 0 saturated carbocycles. The van der Waals surface area contributed by atoms with Gasteiger partial charge in [-0.05, 0) is 47.0 Å². The molecule has 1 saturated heterocycles. The molecule has 0 aliphatic carbocycles. The lowest BCUT2D eigenvalue weighted by molar-refractivity contribution is -0.143. The highest BCUT2D eigenvalue weighted by atomic mass is 79.9. The Balaban J connectivity index is 1.92. The SMILES string of the molecule is O=C(O)C1CCN(C(=O)Nc2ccc(Br)c(F)c2)CC1. The number of urea groups is 1. The number of likely N-dealkylation sites (tertiary alicyclic amines) is 1. The van der Waals surface area contributed by atoms with Crippen LogP contribution in [0.3, 0.4) is 0 Å². The molecule has 2 amide bonds. The molecule has 1 fully saturated rings. The van der Waals surface area contributed by atoms with Crippen molar-refractivity contribution in [3.05, 3.63) is 28.5 Å². The summed E-state index contributed by atoms with van der Waals surface area (Å²) in [5.74, 6) is -1.66. The zero-order valence-corrected chi connectivity index (χ0v) is 12.2. The van der Waals surface area contributed by atoms with Crippen LogP contribution >= 0.6 is 15.9 Å². The van der Waals surface area contributed by atoms with Crippen LogP contribution in [0, 0.1) is 11.7 Å². The third-order valence-electron chi connectivity index (χ3n) is 3.30. The van der Waals surface area contributed by atoms with Crippen molar-refractivity contribution in [1.82, 2.24) is 4.90 Å². The van der Waals surface area contributed by atoms with Crippen molar-refractivity contribution in [2.45, 2.75) is 12.8 Å². The second-order valence-corrected chi connectivity index (χ2v) is 5.51. The summed E-state index contributed by atoms with van der Waals surface area (Å²) in [7, 11) is 0. The highest BCUT2D eigenvalue weighted by Crippen LogP contribution is 2.21. The average Bonchev–Trinajstić information content (AvgIpc) is 2.43. The van der Waals surface area contributed by atoms with E-state index in [9.17, 15) is 14.0 Å². The van der Waals surface area contributed by atoms with Gasteiger partial charge in [-0.2, -0.15) is 0 Å². The number of nitrogens with one attached hydrogen (secondary N) is 1. The minimum atomic E-state index is -0.819. The Labute approximate surface area is 123 Å². The molecule has 108 valence electrons. The summed E-state index contributed by atoms with van der Waals surface area (Å²) in [6, 6.07) is 4.00. The van der Waals surface area contributed by atoms with E-state index in [-0.39, 0.29) is 11.9 Å². The highest BCUT2D eigenvalue weighted by molar-refractivity contribution is 9.10. The lowest BCUT2D eigenvalue weighted by Crippen LogP contribution is -2.42. The van der Waals surface area contributed by atoms with Gasteiger partial charge in [0.15, 0.2) is 0 Å². The van der Waals surface area contributed by atoms with Gasteiger partial charge in [0, 0.05) is 18.8 Å². The lowest BCUT2D eigenvalue weighted by atomic mass is 9.97. The summed E-state index contributed by atoms with van der Waals surface area (Å²) in [6.45, 7) is 0.781. The average molecular weight is 345 g/mol. The summed E-state index contributed by atoms with van der Waals surface area (Å²) >= 11 is 3.04. The number of aliphatic carboxylic acids is 1. The molecule has 7 heteroatoms. The highest BCUT2D eigenvalue weighted by Gasteiger charge is 2.26. The molecule has 2 rings (SSSR count). The van der Waals surface area contributed by atoms with Crippen molar-refractivity contribution in [2.75, 3.05) is 18.4 Å². The number of benzene rings is 1. The van der Waals surface area contributed by atoms with Crippen molar-refractivity contribution in [3.8, 4) is 0 Å². The molecule has 1 aromatic carbocycles. The van der Waals surface area contributed by atoms with Gasteiger partial charge in [-0.1, -0.05) is 0 Å². The number of anilines is 1. The molecule has 0 aromatic heterocycles. The predicted molar refractivity (Wildman–Crippen MR) is 75.1 cm³/mol. The summed E-state index contributed by atoms with van der Waals surface area (Å²) in [5, 5.41) is 11.5. The molecule has 20 heavy (non-hydrogen) atoms. The van der Waals surface area contributed by atoms with E-state index in [1.54, 1.807) is 11.0 Å². The molecule has 1 heterocycles. The zero-order chi connectivity index (χ0) is 14.7. The first-order valence-corrected chi connectivity index (χ1v) is 7.00. The van der Waals surface area contributed by atoms with Crippen molar-refractivity contribution in [1.29, 1.82) is 0 Å². The Bertz CT molecular complexity index is 530. The van der Waals surface area contributed by atoms with Gasteiger partial charge in [0.05, 0.1) is 10.4 Å². The normalized spacial score (nSPS) is 16.0. The Kier molecular flexibility index (Phi) is 4.59. The number of halogens is 2. The topological polar surface area (TPSA) is 69.6 Å². The van der Waals surface area contributed by atoms with Gasteiger partial charge in [-0.3, -0.25) is 4.79 Å². The first kappa shape index (κ1) is 14.8. The molecule has 1 aliphatic heterocycles. The van der Waals surface area contributed by atoms with E-state index in [1.165, 1.54) is 12.1 Å². The molecular weight excluding hydrogens is 331 g/mol. The summed E-state index contributed by atoms with van der Waals surface area (Å²) in [6.07, 6.45) is 0.884. The van der Waals surface area contributed by atoms with Crippen LogP contribution in [0.15, 0.2) is 22.7 Å². The molecule has 0 atom stereocenters. The molecule has 0 unspecified atom stereocenters. The number of carbonyl (C=O) groups excluding carboxylic acids is 1. The fourth-order valence-corrected chi connectivity index (χ4v) is 2.35. The third-order valence-corrected chi connectivity index (χ3v) is 3.95. The molecule has 0 radical (unpaired) electrons. The number of hydrogen-bond donors (Lipinski definition) is 2. The number of carbonyl (C=O) groups is 2. The first-order chi connectivity index (χ1) is 9.47. The summed E-state index contributed by atoms with van der Waals surface area (Å²) in [5.41, 5.74) is 0.371. The van der Waals surface area contributed by atoms with E-state index in [4.69, 9.17) is 5.11 Å². The third kappa shape index (κ3) is 3.47. The number of carboxylic acids is 1. The number of nitrogens with zero attached hydrogens (tertiary/aromatic N) is 1. The number of piperidine rings is 1. The molecule has 1 aliphatic rings.